The number of Topliss-reactive ketones (excluding diaryl/α,β-unsaturated/α-hetero) is 1. The summed E-state index contributed by atoms with van der Waals surface area (Å²) >= 11 is 0. The highest BCUT2D eigenvalue weighted by Gasteiger charge is 2.28. The third-order valence-corrected chi connectivity index (χ3v) is 4.58. The van der Waals surface area contributed by atoms with Crippen molar-refractivity contribution in [2.24, 2.45) is 0 Å². The van der Waals surface area contributed by atoms with Crippen molar-refractivity contribution in [1.29, 1.82) is 0 Å². The van der Waals surface area contributed by atoms with Crippen LogP contribution in [0.1, 0.15) is 55.5 Å². The molecule has 3 rings (SSSR count). The summed E-state index contributed by atoms with van der Waals surface area (Å²) in [6.07, 6.45) is 5.45. The van der Waals surface area contributed by atoms with Gasteiger partial charge in [0.2, 0.25) is 0 Å². The fourth-order valence-electron chi connectivity index (χ4n) is 3.10. The Morgan fingerprint density at radius 1 is 1.38 bits per heavy atom. The van der Waals surface area contributed by atoms with Crippen molar-refractivity contribution in [1.82, 2.24) is 9.78 Å². The van der Waals surface area contributed by atoms with Crippen LogP contribution >= 0.6 is 0 Å². The van der Waals surface area contributed by atoms with Gasteiger partial charge in [0.05, 0.1) is 12.1 Å². The summed E-state index contributed by atoms with van der Waals surface area (Å²) in [6.45, 7) is 4.29. The quantitative estimate of drug-likeness (QED) is 0.838. The molecule has 0 saturated carbocycles. The van der Waals surface area contributed by atoms with Gasteiger partial charge in [-0.2, -0.15) is 5.10 Å². The fourth-order valence-corrected chi connectivity index (χ4v) is 3.10. The Morgan fingerprint density at radius 2 is 2.19 bits per heavy atom. The van der Waals surface area contributed by atoms with Crippen LogP contribution < -0.4 is 0 Å². The Labute approximate surface area is 126 Å². The van der Waals surface area contributed by atoms with Gasteiger partial charge in [-0.25, -0.2) is 0 Å². The number of aromatic nitrogens is 2. The lowest BCUT2D eigenvalue weighted by Gasteiger charge is -2.10. The number of rotatable bonds is 5. The normalized spacial score (nSPS) is 18.5. The molecule has 0 fully saturated rings. The van der Waals surface area contributed by atoms with E-state index in [9.17, 15) is 4.79 Å². The molecule has 1 aliphatic carbocycles. The lowest BCUT2D eigenvalue weighted by atomic mass is 9.94. The molecule has 3 heteroatoms. The minimum absolute atomic E-state index is 0.0648. The predicted octanol–water partition coefficient (Wildman–Crippen LogP) is 3.70. The molecule has 2 atom stereocenters. The summed E-state index contributed by atoms with van der Waals surface area (Å²) in [6, 6.07) is 10.7. The topological polar surface area (TPSA) is 34.9 Å². The van der Waals surface area contributed by atoms with Crippen molar-refractivity contribution in [3.05, 3.63) is 53.3 Å². The number of hydrogen-bond acceptors (Lipinski definition) is 2. The van der Waals surface area contributed by atoms with Gasteiger partial charge in [-0.15, -0.1) is 0 Å². The van der Waals surface area contributed by atoms with Gasteiger partial charge in [0.15, 0.2) is 0 Å². The first-order valence-corrected chi connectivity index (χ1v) is 7.83. The van der Waals surface area contributed by atoms with Crippen LogP contribution in [0, 0.1) is 0 Å². The highest BCUT2D eigenvalue weighted by atomic mass is 16.1. The van der Waals surface area contributed by atoms with Crippen molar-refractivity contribution in [2.45, 2.75) is 51.5 Å². The molecule has 110 valence electrons. The van der Waals surface area contributed by atoms with Crippen LogP contribution in [-0.2, 0) is 17.6 Å². The average molecular weight is 282 g/mol. The number of aryl methyl sites for hydroxylation is 1. The second-order valence-corrected chi connectivity index (χ2v) is 5.98. The number of benzene rings is 1. The third-order valence-electron chi connectivity index (χ3n) is 4.58. The monoisotopic (exact) mass is 282 g/mol. The Kier molecular flexibility index (Phi) is 3.91. The SMILES string of the molecule is CCC(C)n1ccc(CC(=O)C2CCc3ccccc32)n1. The molecule has 0 bridgehead atoms. The molecule has 0 aliphatic heterocycles. The zero-order valence-electron chi connectivity index (χ0n) is 12.7. The zero-order valence-corrected chi connectivity index (χ0v) is 12.7. The number of carbonyl (C=O) groups is 1. The smallest absolute Gasteiger partial charge is 0.146 e. The van der Waals surface area contributed by atoms with Crippen LogP contribution in [0.3, 0.4) is 0 Å². The van der Waals surface area contributed by atoms with E-state index >= 15 is 0 Å². The van der Waals surface area contributed by atoms with E-state index in [1.165, 1.54) is 11.1 Å². The first kappa shape index (κ1) is 14.1. The molecule has 3 nitrogen and oxygen atoms in total. The minimum atomic E-state index is 0.0648. The Bertz CT molecular complexity index is 644. The Morgan fingerprint density at radius 3 is 3.00 bits per heavy atom. The lowest BCUT2D eigenvalue weighted by Crippen LogP contribution is -2.13. The number of carbonyl (C=O) groups excluding carboxylic acids is 1. The zero-order chi connectivity index (χ0) is 14.8. The average Bonchev–Trinajstić information content (AvgIpc) is 3.12. The molecular weight excluding hydrogens is 260 g/mol. The molecule has 0 N–H and O–H groups in total. The first-order valence-electron chi connectivity index (χ1n) is 7.83. The first-order chi connectivity index (χ1) is 10.2. The van der Waals surface area contributed by atoms with Crippen LogP contribution in [0.2, 0.25) is 0 Å². The van der Waals surface area contributed by atoms with Crippen LogP contribution in [0.15, 0.2) is 36.5 Å². The minimum Gasteiger partial charge on any atom is -0.299 e. The van der Waals surface area contributed by atoms with E-state index in [2.05, 4.69) is 37.1 Å². The van der Waals surface area contributed by atoms with Crippen molar-refractivity contribution in [3.63, 3.8) is 0 Å². The van der Waals surface area contributed by atoms with E-state index in [-0.39, 0.29) is 5.92 Å². The summed E-state index contributed by atoms with van der Waals surface area (Å²) in [5.74, 6) is 0.365. The molecule has 2 aromatic rings. The highest BCUT2D eigenvalue weighted by molar-refractivity contribution is 5.88. The standard InChI is InChI=1S/C18H22N2O/c1-3-13(2)20-11-10-15(19-20)12-18(21)17-9-8-14-6-4-5-7-16(14)17/h4-7,10-11,13,17H,3,8-9,12H2,1-2H3. The van der Waals surface area contributed by atoms with Gasteiger partial charge in [0, 0.05) is 18.2 Å². The van der Waals surface area contributed by atoms with Gasteiger partial charge in [0.1, 0.15) is 5.78 Å². The number of nitrogens with zero attached hydrogens (tertiary/aromatic N) is 2. The molecule has 0 saturated heterocycles. The maximum absolute atomic E-state index is 12.6. The third kappa shape index (κ3) is 2.78. The maximum Gasteiger partial charge on any atom is 0.146 e. The molecule has 1 aliphatic rings. The Balaban J connectivity index is 1.71. The van der Waals surface area contributed by atoms with Crippen LogP contribution in [0.5, 0.6) is 0 Å². The van der Waals surface area contributed by atoms with Crippen LogP contribution in [-0.4, -0.2) is 15.6 Å². The molecule has 0 radical (unpaired) electrons. The highest BCUT2D eigenvalue weighted by Crippen LogP contribution is 2.34. The molecule has 2 unspecified atom stereocenters. The molecule has 21 heavy (non-hydrogen) atoms. The number of hydrogen-bond donors (Lipinski definition) is 0. The van der Waals surface area contributed by atoms with E-state index in [0.717, 1.165) is 25.0 Å². The summed E-state index contributed by atoms with van der Waals surface area (Å²) in [4.78, 5) is 12.6. The van der Waals surface area contributed by atoms with Gasteiger partial charge >= 0.3 is 0 Å². The Hall–Kier alpha value is -1.90. The molecule has 1 aromatic carbocycles. The number of ketones is 1. The maximum atomic E-state index is 12.6. The van der Waals surface area contributed by atoms with Gasteiger partial charge in [-0.1, -0.05) is 31.2 Å². The fraction of sp³-hybridized carbons (Fsp3) is 0.444. The molecule has 0 spiro atoms. The molecule has 1 heterocycles. The van der Waals surface area contributed by atoms with Crippen molar-refractivity contribution < 1.29 is 4.79 Å². The molecule has 0 amide bonds. The van der Waals surface area contributed by atoms with Crippen molar-refractivity contribution in [3.8, 4) is 0 Å². The van der Waals surface area contributed by atoms with Crippen LogP contribution in [0.25, 0.3) is 0 Å². The summed E-state index contributed by atoms with van der Waals surface area (Å²) in [7, 11) is 0. The van der Waals surface area contributed by atoms with Gasteiger partial charge in [-0.05, 0) is 43.4 Å². The number of fused-ring (bicyclic) bond motifs is 1. The largest absolute Gasteiger partial charge is 0.299 e. The second kappa shape index (κ2) is 5.84. The van der Waals surface area contributed by atoms with E-state index in [0.29, 0.717) is 18.2 Å². The predicted molar refractivity (Wildman–Crippen MR) is 83.4 cm³/mol. The van der Waals surface area contributed by atoms with Gasteiger partial charge in [0.25, 0.3) is 0 Å². The van der Waals surface area contributed by atoms with E-state index in [1.54, 1.807) is 0 Å². The summed E-state index contributed by atoms with van der Waals surface area (Å²) in [5, 5.41) is 4.54. The molecule has 1 aromatic heterocycles. The lowest BCUT2D eigenvalue weighted by molar-refractivity contribution is -0.119. The van der Waals surface area contributed by atoms with E-state index in [1.807, 2.05) is 23.0 Å². The van der Waals surface area contributed by atoms with E-state index < -0.39 is 0 Å². The van der Waals surface area contributed by atoms with Crippen LogP contribution in [0.4, 0.5) is 0 Å². The summed E-state index contributed by atoms with van der Waals surface area (Å²) in [5.41, 5.74) is 3.45. The van der Waals surface area contributed by atoms with Gasteiger partial charge < -0.3 is 0 Å². The van der Waals surface area contributed by atoms with Crippen molar-refractivity contribution >= 4 is 5.78 Å². The summed E-state index contributed by atoms with van der Waals surface area (Å²) < 4.78 is 1.96. The van der Waals surface area contributed by atoms with Gasteiger partial charge in [-0.3, -0.25) is 9.48 Å². The second-order valence-electron chi connectivity index (χ2n) is 5.98. The molecular formula is C18H22N2O. The van der Waals surface area contributed by atoms with E-state index in [4.69, 9.17) is 0 Å². The van der Waals surface area contributed by atoms with Crippen molar-refractivity contribution in [2.75, 3.05) is 0 Å².